The smallest absolute Gasteiger partial charge is 0.175 e. The normalized spacial score (nSPS) is 10.6. The van der Waals surface area contributed by atoms with Crippen LogP contribution in [0.5, 0.6) is 0 Å². The van der Waals surface area contributed by atoms with E-state index in [1.807, 2.05) is 11.2 Å². The molecule has 0 aliphatic carbocycles. The van der Waals surface area contributed by atoms with E-state index in [0.29, 0.717) is 0 Å². The van der Waals surface area contributed by atoms with E-state index >= 15 is 0 Å². The van der Waals surface area contributed by atoms with E-state index in [-0.39, 0.29) is 11.6 Å². The lowest BCUT2D eigenvalue weighted by Crippen LogP contribution is -2.07. The lowest BCUT2D eigenvalue weighted by atomic mass is 10.2. The maximum Gasteiger partial charge on any atom is 0.175 e. The van der Waals surface area contributed by atoms with E-state index in [0.717, 1.165) is 5.56 Å². The Kier molecular flexibility index (Phi) is 3.95. The predicted octanol–water partition coefficient (Wildman–Crippen LogP) is 1.66. The molecule has 0 spiro atoms. The summed E-state index contributed by atoms with van der Waals surface area (Å²) >= 11 is 4.30. The first-order chi connectivity index (χ1) is 6.64. The van der Waals surface area contributed by atoms with Crippen LogP contribution in [0, 0.1) is 0 Å². The van der Waals surface area contributed by atoms with Crippen molar-refractivity contribution < 1.29 is 8.42 Å². The summed E-state index contributed by atoms with van der Waals surface area (Å²) < 4.78 is 22.8. The number of benzene rings is 1. The van der Waals surface area contributed by atoms with Gasteiger partial charge in [-0.15, -0.1) is 0 Å². The Labute approximate surface area is 88.4 Å². The number of aliphatic imine (C=N–C) groups is 1. The number of hydrogen-bond donors (Lipinski definition) is 0. The molecule has 14 heavy (non-hydrogen) atoms. The average Bonchev–Trinajstić information content (AvgIpc) is 2.16. The quantitative estimate of drug-likeness (QED) is 0.580. The molecule has 0 aliphatic rings. The summed E-state index contributed by atoms with van der Waals surface area (Å²) in [6.45, 7) is 0. The number of thiocarbonyl (C=S) groups is 1. The topological polar surface area (TPSA) is 46.5 Å². The van der Waals surface area contributed by atoms with Gasteiger partial charge in [0.25, 0.3) is 0 Å². The van der Waals surface area contributed by atoms with Crippen molar-refractivity contribution in [3.05, 3.63) is 35.9 Å². The molecule has 0 N–H and O–H groups in total. The van der Waals surface area contributed by atoms with Gasteiger partial charge in [-0.05, 0) is 17.8 Å². The van der Waals surface area contributed by atoms with Gasteiger partial charge in [0, 0.05) is 0 Å². The van der Waals surface area contributed by atoms with Crippen LogP contribution >= 0.6 is 12.2 Å². The van der Waals surface area contributed by atoms with Gasteiger partial charge in [-0.25, -0.2) is 13.4 Å². The fourth-order valence-corrected chi connectivity index (χ4v) is 2.20. The van der Waals surface area contributed by atoms with Crippen molar-refractivity contribution in [2.24, 2.45) is 4.99 Å². The molecule has 5 heteroatoms. The molecule has 0 aliphatic heterocycles. The zero-order valence-electron chi connectivity index (χ0n) is 7.38. The van der Waals surface area contributed by atoms with Gasteiger partial charge in [0.1, 0.15) is 0 Å². The summed E-state index contributed by atoms with van der Waals surface area (Å²) in [6, 6.07) is 8.96. The first kappa shape index (κ1) is 11.0. The molecular weight excluding hydrogens is 218 g/mol. The van der Waals surface area contributed by atoms with Crippen molar-refractivity contribution in [2.45, 2.75) is 5.75 Å². The summed E-state index contributed by atoms with van der Waals surface area (Å²) in [6.07, 6.45) is 0. The highest BCUT2D eigenvalue weighted by atomic mass is 32.2. The number of nitrogens with zero attached hydrogens (tertiary/aromatic N) is 1. The second kappa shape index (κ2) is 5.00. The van der Waals surface area contributed by atoms with Gasteiger partial charge in [-0.3, -0.25) is 0 Å². The van der Waals surface area contributed by atoms with E-state index < -0.39 is 9.84 Å². The molecule has 0 amide bonds. The SMILES string of the molecule is O=S(=O)(CN=C=S)Cc1ccccc1. The number of rotatable bonds is 4. The van der Waals surface area contributed by atoms with Gasteiger partial charge < -0.3 is 0 Å². The molecule has 0 unspecified atom stereocenters. The lowest BCUT2D eigenvalue weighted by molar-refractivity contribution is 0.596. The third kappa shape index (κ3) is 3.79. The fourth-order valence-electron chi connectivity index (χ4n) is 0.999. The minimum atomic E-state index is -3.19. The van der Waals surface area contributed by atoms with Gasteiger partial charge >= 0.3 is 0 Å². The predicted molar refractivity (Wildman–Crippen MR) is 59.0 cm³/mol. The Balaban J connectivity index is 2.74. The summed E-state index contributed by atoms with van der Waals surface area (Å²) in [5.74, 6) is -0.292. The molecule has 1 aromatic carbocycles. The van der Waals surface area contributed by atoms with Crippen molar-refractivity contribution >= 4 is 27.2 Å². The third-order valence-corrected chi connectivity index (χ3v) is 2.98. The summed E-state index contributed by atoms with van der Waals surface area (Å²) in [7, 11) is -3.19. The highest BCUT2D eigenvalue weighted by Gasteiger charge is 2.09. The van der Waals surface area contributed by atoms with Crippen molar-refractivity contribution in [2.75, 3.05) is 5.88 Å². The molecule has 3 nitrogen and oxygen atoms in total. The van der Waals surface area contributed by atoms with Crippen LogP contribution in [0.25, 0.3) is 0 Å². The van der Waals surface area contributed by atoms with E-state index in [2.05, 4.69) is 17.2 Å². The summed E-state index contributed by atoms with van der Waals surface area (Å²) in [4.78, 5) is 3.42. The molecule has 0 saturated carbocycles. The summed E-state index contributed by atoms with van der Waals surface area (Å²) in [5, 5.41) is 2.04. The maximum absolute atomic E-state index is 11.4. The zero-order valence-corrected chi connectivity index (χ0v) is 9.01. The molecule has 0 atom stereocenters. The Morgan fingerprint density at radius 3 is 2.50 bits per heavy atom. The van der Waals surface area contributed by atoms with E-state index in [1.54, 1.807) is 24.3 Å². The van der Waals surface area contributed by atoms with Crippen molar-refractivity contribution in [1.82, 2.24) is 0 Å². The highest BCUT2D eigenvalue weighted by molar-refractivity contribution is 7.90. The number of hydrogen-bond acceptors (Lipinski definition) is 4. The van der Waals surface area contributed by atoms with Crippen LogP contribution in [-0.2, 0) is 15.6 Å². The fraction of sp³-hybridized carbons (Fsp3) is 0.222. The van der Waals surface area contributed by atoms with Gasteiger partial charge in [0.2, 0.25) is 0 Å². The first-order valence-electron chi connectivity index (χ1n) is 3.92. The lowest BCUT2D eigenvalue weighted by Gasteiger charge is -1.99. The van der Waals surface area contributed by atoms with Gasteiger partial charge in [0.05, 0.1) is 10.9 Å². The van der Waals surface area contributed by atoms with E-state index in [4.69, 9.17) is 0 Å². The van der Waals surface area contributed by atoms with Crippen molar-refractivity contribution in [1.29, 1.82) is 0 Å². The van der Waals surface area contributed by atoms with E-state index in [9.17, 15) is 8.42 Å². The average molecular weight is 227 g/mol. The van der Waals surface area contributed by atoms with Crippen LogP contribution in [0.4, 0.5) is 0 Å². The second-order valence-electron chi connectivity index (χ2n) is 2.75. The molecule has 0 aromatic heterocycles. The first-order valence-corrected chi connectivity index (χ1v) is 6.15. The standard InChI is InChI=1S/C9H9NO2S2/c11-14(12,8-10-7-13)6-9-4-2-1-3-5-9/h1-5H,6,8H2. The molecule has 1 rings (SSSR count). The molecule has 1 aromatic rings. The molecule has 0 heterocycles. The third-order valence-electron chi connectivity index (χ3n) is 1.56. The molecule has 0 radical (unpaired) electrons. The second-order valence-corrected chi connectivity index (χ2v) is 4.97. The van der Waals surface area contributed by atoms with Crippen molar-refractivity contribution in [3.8, 4) is 0 Å². The zero-order chi connectivity index (χ0) is 10.4. The Bertz CT molecular complexity index is 433. The van der Waals surface area contributed by atoms with E-state index in [1.165, 1.54) is 0 Å². The Morgan fingerprint density at radius 2 is 1.93 bits per heavy atom. The number of sulfone groups is 1. The van der Waals surface area contributed by atoms with Crippen LogP contribution < -0.4 is 0 Å². The minimum absolute atomic E-state index is 0.00560. The minimum Gasteiger partial charge on any atom is -0.227 e. The van der Waals surface area contributed by atoms with Crippen LogP contribution in [0.3, 0.4) is 0 Å². The molecule has 0 saturated heterocycles. The maximum atomic E-state index is 11.4. The van der Waals surface area contributed by atoms with Crippen LogP contribution in [-0.4, -0.2) is 19.5 Å². The molecule has 0 bridgehead atoms. The van der Waals surface area contributed by atoms with Crippen LogP contribution in [0.15, 0.2) is 35.3 Å². The van der Waals surface area contributed by atoms with Crippen LogP contribution in [0.1, 0.15) is 5.56 Å². The Hall–Kier alpha value is -1.03. The van der Waals surface area contributed by atoms with Gasteiger partial charge in [-0.2, -0.15) is 0 Å². The van der Waals surface area contributed by atoms with Gasteiger partial charge in [0.15, 0.2) is 15.7 Å². The van der Waals surface area contributed by atoms with Crippen LogP contribution in [0.2, 0.25) is 0 Å². The molecule has 74 valence electrons. The Morgan fingerprint density at radius 1 is 1.29 bits per heavy atom. The largest absolute Gasteiger partial charge is 0.227 e. The monoisotopic (exact) mass is 227 g/mol. The molecular formula is C9H9NO2S2. The number of isothiocyanates is 1. The van der Waals surface area contributed by atoms with Gasteiger partial charge in [-0.1, -0.05) is 30.3 Å². The molecule has 0 fully saturated rings. The highest BCUT2D eigenvalue weighted by Crippen LogP contribution is 2.05. The summed E-state index contributed by atoms with van der Waals surface area (Å²) in [5.41, 5.74) is 0.757. The van der Waals surface area contributed by atoms with Crippen molar-refractivity contribution in [3.63, 3.8) is 0 Å².